The number of rotatable bonds is 7. The van der Waals surface area contributed by atoms with E-state index in [-0.39, 0.29) is 0 Å². The molecule has 10 aromatic carbocycles. The van der Waals surface area contributed by atoms with Crippen LogP contribution in [-0.2, 0) is 0 Å². The minimum Gasteiger partial charge on any atom is -0.309 e. The van der Waals surface area contributed by atoms with Gasteiger partial charge in [0.15, 0.2) is 11.6 Å². The van der Waals surface area contributed by atoms with Crippen LogP contribution in [0.3, 0.4) is 0 Å². The predicted molar refractivity (Wildman–Crippen MR) is 285 cm³/mol. The van der Waals surface area contributed by atoms with Gasteiger partial charge < -0.3 is 9.13 Å². The third kappa shape index (κ3) is 6.23. The second-order valence-electron chi connectivity index (χ2n) is 17.6. The molecule has 4 aromatic heterocycles. The zero-order valence-corrected chi connectivity index (χ0v) is 37.3. The summed E-state index contributed by atoms with van der Waals surface area (Å²) in [6.07, 6.45) is 0. The van der Waals surface area contributed by atoms with Gasteiger partial charge in [-0.25, -0.2) is 4.98 Å². The summed E-state index contributed by atoms with van der Waals surface area (Å²) < 4.78 is 7.04. The summed E-state index contributed by atoms with van der Waals surface area (Å²) in [5.41, 5.74) is 15.0. The number of benzene rings is 10. The van der Waals surface area contributed by atoms with Crippen LogP contribution in [0.15, 0.2) is 243 Å². The zero-order valence-electron chi connectivity index (χ0n) is 37.3. The molecule has 0 N–H and O–H groups in total. The molecule has 6 heteroatoms. The Morgan fingerprint density at radius 1 is 0.232 bits per heavy atom. The van der Waals surface area contributed by atoms with Crippen LogP contribution in [-0.4, -0.2) is 28.7 Å². The molecule has 0 atom stereocenters. The molecule has 0 amide bonds. The highest BCUT2D eigenvalue weighted by Crippen LogP contribution is 2.42. The fraction of sp³-hybridized carbons (Fsp3) is 0. The molecular formula is C63H40N6. The van der Waals surface area contributed by atoms with E-state index in [0.29, 0.717) is 17.6 Å². The van der Waals surface area contributed by atoms with Crippen molar-refractivity contribution in [2.75, 3.05) is 0 Å². The number of fused-ring (bicyclic) bond motifs is 10. The summed E-state index contributed by atoms with van der Waals surface area (Å²) in [5.74, 6) is 1.71. The zero-order chi connectivity index (χ0) is 45.4. The van der Waals surface area contributed by atoms with Crippen LogP contribution in [0.4, 0.5) is 0 Å². The lowest BCUT2D eigenvalue weighted by Crippen LogP contribution is -2.07. The van der Waals surface area contributed by atoms with Gasteiger partial charge in [0.1, 0.15) is 0 Å². The fourth-order valence-corrected chi connectivity index (χ4v) is 10.6. The van der Waals surface area contributed by atoms with E-state index < -0.39 is 0 Å². The second-order valence-corrected chi connectivity index (χ2v) is 17.6. The highest BCUT2D eigenvalue weighted by Gasteiger charge is 2.24. The number of hydrogen-bond acceptors (Lipinski definition) is 3. The normalized spacial score (nSPS) is 11.8. The fourth-order valence-electron chi connectivity index (χ4n) is 10.6. The average Bonchev–Trinajstić information content (AvgIpc) is 4.07. The molecular weight excluding hydrogens is 841 g/mol. The number of hydrogen-bond donors (Lipinski definition) is 0. The third-order valence-electron chi connectivity index (χ3n) is 13.7. The van der Waals surface area contributed by atoms with Gasteiger partial charge >= 0.3 is 0 Å². The van der Waals surface area contributed by atoms with Crippen molar-refractivity contribution in [1.82, 2.24) is 28.7 Å². The average molecular weight is 881 g/mol. The molecule has 6 nitrogen and oxygen atoms in total. The van der Waals surface area contributed by atoms with E-state index in [1.807, 2.05) is 6.07 Å². The lowest BCUT2D eigenvalue weighted by Gasteiger charge is -2.14. The molecule has 0 spiro atoms. The first kappa shape index (κ1) is 38.8. The minimum absolute atomic E-state index is 0.540. The predicted octanol–water partition coefficient (Wildman–Crippen LogP) is 15.8. The van der Waals surface area contributed by atoms with Gasteiger partial charge in [0.25, 0.3) is 0 Å². The van der Waals surface area contributed by atoms with Gasteiger partial charge in [0.2, 0.25) is 5.95 Å². The Kier molecular flexibility index (Phi) is 8.79. The molecule has 69 heavy (non-hydrogen) atoms. The van der Waals surface area contributed by atoms with Crippen LogP contribution in [0.25, 0.3) is 128 Å². The van der Waals surface area contributed by atoms with Crippen LogP contribution in [0.5, 0.6) is 0 Å². The minimum atomic E-state index is 0.540. The van der Waals surface area contributed by atoms with Crippen LogP contribution in [0.2, 0.25) is 0 Å². The molecule has 0 fully saturated rings. The number of para-hydroxylation sites is 4. The van der Waals surface area contributed by atoms with Crippen molar-refractivity contribution in [3.8, 4) is 62.4 Å². The molecule has 14 aromatic rings. The smallest absolute Gasteiger partial charge is 0.238 e. The van der Waals surface area contributed by atoms with Crippen molar-refractivity contribution in [2.24, 2.45) is 0 Å². The van der Waals surface area contributed by atoms with Crippen LogP contribution < -0.4 is 0 Å². The SMILES string of the molecule is c1ccc(-c2ccc(-c3nc(-c4cccc(-n5c6ccccc6c6ccccc65)c4)nc(-n4c5ccccc5c5ccc6c7ccccc7n(-c7cccc(-c8ccccc8)c7)c6c54)n3)cc2)cc1. The number of aromatic nitrogens is 6. The molecule has 0 unspecified atom stereocenters. The van der Waals surface area contributed by atoms with Gasteiger partial charge in [0.05, 0.1) is 33.1 Å². The first-order valence-corrected chi connectivity index (χ1v) is 23.4. The molecule has 0 aliphatic heterocycles. The van der Waals surface area contributed by atoms with Crippen molar-refractivity contribution in [3.63, 3.8) is 0 Å². The Morgan fingerprint density at radius 2 is 0.609 bits per heavy atom. The van der Waals surface area contributed by atoms with E-state index in [1.54, 1.807) is 0 Å². The van der Waals surface area contributed by atoms with Crippen molar-refractivity contribution in [2.45, 2.75) is 0 Å². The van der Waals surface area contributed by atoms with Crippen molar-refractivity contribution < 1.29 is 0 Å². The van der Waals surface area contributed by atoms with Gasteiger partial charge in [-0.15, -0.1) is 0 Å². The lowest BCUT2D eigenvalue weighted by molar-refractivity contribution is 0.953. The van der Waals surface area contributed by atoms with Crippen molar-refractivity contribution in [3.05, 3.63) is 243 Å². The van der Waals surface area contributed by atoms with Crippen molar-refractivity contribution >= 4 is 65.4 Å². The Bertz CT molecular complexity index is 4240. The lowest BCUT2D eigenvalue weighted by atomic mass is 10.0. The molecule has 0 saturated carbocycles. The van der Waals surface area contributed by atoms with Gasteiger partial charge in [-0.2, -0.15) is 9.97 Å². The van der Waals surface area contributed by atoms with E-state index in [9.17, 15) is 0 Å². The topological polar surface area (TPSA) is 53.5 Å². The maximum atomic E-state index is 5.52. The Hall–Kier alpha value is -9.39. The summed E-state index contributed by atoms with van der Waals surface area (Å²) >= 11 is 0. The van der Waals surface area contributed by atoms with Gasteiger partial charge in [-0.3, -0.25) is 4.57 Å². The van der Waals surface area contributed by atoms with E-state index in [1.165, 1.54) is 21.7 Å². The monoisotopic (exact) mass is 880 g/mol. The van der Waals surface area contributed by atoms with Crippen molar-refractivity contribution in [1.29, 1.82) is 0 Å². The van der Waals surface area contributed by atoms with E-state index in [4.69, 9.17) is 15.0 Å². The quantitative estimate of drug-likeness (QED) is 0.160. The summed E-state index contributed by atoms with van der Waals surface area (Å²) in [6.45, 7) is 0. The molecule has 322 valence electrons. The van der Waals surface area contributed by atoms with E-state index >= 15 is 0 Å². The summed E-state index contributed by atoms with van der Waals surface area (Å²) in [5, 5.41) is 6.98. The summed E-state index contributed by atoms with van der Waals surface area (Å²) in [4.78, 5) is 16.3. The van der Waals surface area contributed by atoms with Gasteiger partial charge in [-0.1, -0.05) is 194 Å². The highest BCUT2D eigenvalue weighted by molar-refractivity contribution is 6.23. The molecule has 0 saturated heterocycles. The standard InChI is InChI=1S/C63H40N6/c1-3-17-41(18-4-1)43-33-35-44(36-34-43)61-64-62(46-22-16-23-47(40-46)67-55-29-11-7-25-49(55)50-26-8-12-30-56(50)67)66-63(65-61)69-58-32-14-10-28-52(58)54-38-37-53-51-27-9-13-31-57(51)68(59(53)60(54)69)48-24-15-21-45(39-48)42-19-5-2-6-20-42/h1-40H. The molecule has 0 radical (unpaired) electrons. The molecule has 4 heterocycles. The van der Waals surface area contributed by atoms with E-state index in [0.717, 1.165) is 88.5 Å². The summed E-state index contributed by atoms with van der Waals surface area (Å²) in [7, 11) is 0. The second kappa shape index (κ2) is 15.6. The molecule has 0 bridgehead atoms. The van der Waals surface area contributed by atoms with Crippen LogP contribution in [0, 0.1) is 0 Å². The first-order valence-electron chi connectivity index (χ1n) is 23.4. The third-order valence-corrected chi connectivity index (χ3v) is 13.7. The highest BCUT2D eigenvalue weighted by atomic mass is 15.2. The van der Waals surface area contributed by atoms with Gasteiger partial charge in [0, 0.05) is 54.8 Å². The molecule has 0 aliphatic carbocycles. The number of nitrogens with zero attached hydrogens (tertiary/aromatic N) is 6. The largest absolute Gasteiger partial charge is 0.309 e. The Morgan fingerprint density at radius 3 is 1.19 bits per heavy atom. The Labute approximate surface area is 397 Å². The molecule has 14 rings (SSSR count). The summed E-state index contributed by atoms with van der Waals surface area (Å²) in [6, 6.07) is 86.2. The van der Waals surface area contributed by atoms with Crippen LogP contribution in [0.1, 0.15) is 0 Å². The Balaban J connectivity index is 1.05. The molecule has 0 aliphatic rings. The van der Waals surface area contributed by atoms with E-state index in [2.05, 4.69) is 250 Å². The van der Waals surface area contributed by atoms with Crippen LogP contribution >= 0.6 is 0 Å². The maximum Gasteiger partial charge on any atom is 0.238 e. The first-order chi connectivity index (χ1) is 34.2. The maximum absolute atomic E-state index is 5.52. The van der Waals surface area contributed by atoms with Gasteiger partial charge in [-0.05, 0) is 70.8 Å².